The third-order valence-electron chi connectivity index (χ3n) is 6.63. The Morgan fingerprint density at radius 2 is 1.81 bits per heavy atom. The summed E-state index contributed by atoms with van der Waals surface area (Å²) in [4.78, 5) is 31.3. The van der Waals surface area contributed by atoms with Gasteiger partial charge in [-0.1, -0.05) is 49.4 Å². The molecule has 4 aromatic rings. The molecule has 2 heterocycles. The van der Waals surface area contributed by atoms with Crippen LogP contribution in [0.1, 0.15) is 36.1 Å². The van der Waals surface area contributed by atoms with Gasteiger partial charge in [-0.25, -0.2) is 0 Å². The maximum atomic E-state index is 13.3. The Hall–Kier alpha value is -4.52. The number of likely N-dealkylation sites (tertiary alicyclic amines) is 1. The summed E-state index contributed by atoms with van der Waals surface area (Å²) in [5.74, 6) is -1.03. The molecule has 1 unspecified atom stereocenters. The third-order valence-corrected chi connectivity index (χ3v) is 6.63. The summed E-state index contributed by atoms with van der Waals surface area (Å²) in [6.07, 6.45) is 3.27. The van der Waals surface area contributed by atoms with Gasteiger partial charge in [0.1, 0.15) is 17.3 Å². The minimum atomic E-state index is -0.800. The van der Waals surface area contributed by atoms with Gasteiger partial charge in [-0.05, 0) is 54.3 Å². The minimum Gasteiger partial charge on any atom is -0.508 e. The monoisotopic (exact) mass is 496 g/mol. The molecule has 5 rings (SSSR count). The number of ether oxygens (including phenoxy) is 1. The number of fused-ring (bicyclic) bond motifs is 1. The normalized spacial score (nSPS) is 17.0. The number of aromatic nitrogens is 1. The fraction of sp³-hybridized carbons (Fsp3) is 0.200. The van der Waals surface area contributed by atoms with Gasteiger partial charge in [0, 0.05) is 29.2 Å². The van der Waals surface area contributed by atoms with Gasteiger partial charge < -0.3 is 24.8 Å². The molecule has 188 valence electrons. The number of aromatic hydroxyl groups is 1. The number of nitrogens with one attached hydrogen (secondary N) is 1. The zero-order chi connectivity index (χ0) is 25.9. The number of carbonyl (C=O) groups is 2. The van der Waals surface area contributed by atoms with E-state index in [1.165, 1.54) is 17.0 Å². The number of amides is 1. The standard InChI is InChI=1S/C30H28N2O5/c1-2-16-37-23-7-5-6-20(17-23)28(34)26-27(19-10-12-22(33)13-11-19)32(30(36)29(26)35)15-14-21-18-31-25-9-4-3-8-24(21)25/h3-13,17-18,27,31,33-34H,2,14-16H2,1H3/b28-26+. The summed E-state index contributed by atoms with van der Waals surface area (Å²) < 4.78 is 5.69. The van der Waals surface area contributed by atoms with Crippen molar-refractivity contribution in [2.24, 2.45) is 0 Å². The van der Waals surface area contributed by atoms with Crippen LogP contribution >= 0.6 is 0 Å². The van der Waals surface area contributed by atoms with E-state index >= 15 is 0 Å². The number of H-pyrrole nitrogens is 1. The first-order valence-electron chi connectivity index (χ1n) is 12.3. The minimum absolute atomic E-state index is 0.0160. The fourth-order valence-corrected chi connectivity index (χ4v) is 4.80. The van der Waals surface area contributed by atoms with Crippen molar-refractivity contribution >= 4 is 28.4 Å². The van der Waals surface area contributed by atoms with Crippen LogP contribution in [0.4, 0.5) is 0 Å². The van der Waals surface area contributed by atoms with Gasteiger partial charge in [-0.2, -0.15) is 0 Å². The summed E-state index contributed by atoms with van der Waals surface area (Å²) >= 11 is 0. The Morgan fingerprint density at radius 3 is 2.59 bits per heavy atom. The lowest BCUT2D eigenvalue weighted by Crippen LogP contribution is -2.31. The number of hydrogen-bond acceptors (Lipinski definition) is 5. The van der Waals surface area contributed by atoms with Crippen molar-refractivity contribution in [2.45, 2.75) is 25.8 Å². The summed E-state index contributed by atoms with van der Waals surface area (Å²) in [6, 6.07) is 20.3. The smallest absolute Gasteiger partial charge is 0.295 e. The molecule has 1 aliphatic heterocycles. The number of ketones is 1. The molecule has 7 nitrogen and oxygen atoms in total. The van der Waals surface area contributed by atoms with E-state index in [1.54, 1.807) is 36.4 Å². The van der Waals surface area contributed by atoms with E-state index in [4.69, 9.17) is 4.74 Å². The first-order chi connectivity index (χ1) is 18.0. The van der Waals surface area contributed by atoms with Gasteiger partial charge >= 0.3 is 0 Å². The zero-order valence-corrected chi connectivity index (χ0v) is 20.5. The van der Waals surface area contributed by atoms with Gasteiger partial charge in [0.05, 0.1) is 18.2 Å². The first-order valence-corrected chi connectivity index (χ1v) is 12.3. The van der Waals surface area contributed by atoms with E-state index in [0.29, 0.717) is 29.9 Å². The van der Waals surface area contributed by atoms with Crippen molar-refractivity contribution in [1.82, 2.24) is 9.88 Å². The molecule has 3 aromatic carbocycles. The molecule has 1 amide bonds. The highest BCUT2D eigenvalue weighted by molar-refractivity contribution is 6.46. The van der Waals surface area contributed by atoms with Crippen LogP contribution in [0.15, 0.2) is 84.6 Å². The van der Waals surface area contributed by atoms with Crippen LogP contribution in [0.5, 0.6) is 11.5 Å². The quantitative estimate of drug-likeness (QED) is 0.174. The number of rotatable bonds is 8. The van der Waals surface area contributed by atoms with Gasteiger partial charge in [0.15, 0.2) is 0 Å². The summed E-state index contributed by atoms with van der Waals surface area (Å²) in [5.41, 5.74) is 3.06. The van der Waals surface area contributed by atoms with E-state index in [-0.39, 0.29) is 23.6 Å². The van der Waals surface area contributed by atoms with Crippen molar-refractivity contribution in [2.75, 3.05) is 13.2 Å². The number of aliphatic hydroxyl groups excluding tert-OH is 1. The molecule has 0 radical (unpaired) electrons. The van der Waals surface area contributed by atoms with Gasteiger partial charge in [-0.3, -0.25) is 9.59 Å². The van der Waals surface area contributed by atoms with E-state index in [9.17, 15) is 19.8 Å². The Morgan fingerprint density at radius 1 is 1.03 bits per heavy atom. The van der Waals surface area contributed by atoms with Gasteiger partial charge in [-0.15, -0.1) is 0 Å². The molecule has 7 heteroatoms. The summed E-state index contributed by atoms with van der Waals surface area (Å²) in [7, 11) is 0. The van der Waals surface area contributed by atoms with Crippen molar-refractivity contribution < 1.29 is 24.5 Å². The number of para-hydroxylation sites is 1. The Balaban J connectivity index is 1.54. The molecule has 1 saturated heterocycles. The highest BCUT2D eigenvalue weighted by atomic mass is 16.5. The van der Waals surface area contributed by atoms with Crippen LogP contribution in [0, 0.1) is 0 Å². The molecule has 1 fully saturated rings. The van der Waals surface area contributed by atoms with Crippen molar-refractivity contribution in [1.29, 1.82) is 0 Å². The number of benzene rings is 3. The van der Waals surface area contributed by atoms with Crippen LogP contribution < -0.4 is 4.74 Å². The predicted octanol–water partition coefficient (Wildman–Crippen LogP) is 5.33. The second-order valence-electron chi connectivity index (χ2n) is 9.07. The summed E-state index contributed by atoms with van der Waals surface area (Å²) in [6.45, 7) is 2.80. The number of aromatic amines is 1. The maximum Gasteiger partial charge on any atom is 0.295 e. The van der Waals surface area contributed by atoms with E-state index in [2.05, 4.69) is 4.98 Å². The Labute approximate surface area is 214 Å². The zero-order valence-electron chi connectivity index (χ0n) is 20.5. The van der Waals surface area contributed by atoms with Gasteiger partial charge in [0.25, 0.3) is 11.7 Å². The van der Waals surface area contributed by atoms with Crippen LogP contribution in [0.2, 0.25) is 0 Å². The van der Waals surface area contributed by atoms with E-state index < -0.39 is 17.7 Å². The molecule has 37 heavy (non-hydrogen) atoms. The molecular weight excluding hydrogens is 468 g/mol. The average Bonchev–Trinajstić information content (AvgIpc) is 3.44. The predicted molar refractivity (Wildman–Crippen MR) is 141 cm³/mol. The second kappa shape index (κ2) is 10.2. The number of Topliss-reactive ketones (excluding diaryl/α,β-unsaturated/α-hetero) is 1. The largest absolute Gasteiger partial charge is 0.508 e. The Kier molecular flexibility index (Phi) is 6.68. The van der Waals surface area contributed by atoms with Crippen LogP contribution in [-0.4, -0.2) is 44.9 Å². The van der Waals surface area contributed by atoms with Crippen molar-refractivity contribution in [3.63, 3.8) is 0 Å². The Bertz CT molecular complexity index is 1490. The highest BCUT2D eigenvalue weighted by Crippen LogP contribution is 2.40. The van der Waals surface area contributed by atoms with Crippen LogP contribution in [0.3, 0.4) is 0 Å². The lowest BCUT2D eigenvalue weighted by atomic mass is 9.95. The number of nitrogens with zero attached hydrogens (tertiary/aromatic N) is 1. The molecule has 1 aliphatic rings. The lowest BCUT2D eigenvalue weighted by molar-refractivity contribution is -0.139. The third kappa shape index (κ3) is 4.68. The average molecular weight is 497 g/mol. The number of hydrogen-bond donors (Lipinski definition) is 3. The van der Waals surface area contributed by atoms with Crippen LogP contribution in [-0.2, 0) is 16.0 Å². The van der Waals surface area contributed by atoms with Crippen LogP contribution in [0.25, 0.3) is 16.7 Å². The number of phenols is 1. The lowest BCUT2D eigenvalue weighted by Gasteiger charge is -2.25. The fourth-order valence-electron chi connectivity index (χ4n) is 4.80. The van der Waals surface area contributed by atoms with E-state index in [0.717, 1.165) is 22.9 Å². The molecule has 1 aromatic heterocycles. The first kappa shape index (κ1) is 24.2. The summed E-state index contributed by atoms with van der Waals surface area (Å²) in [5, 5.41) is 22.2. The molecule has 0 bridgehead atoms. The molecular formula is C30H28N2O5. The van der Waals surface area contributed by atoms with E-state index in [1.807, 2.05) is 37.4 Å². The molecule has 0 aliphatic carbocycles. The molecule has 0 spiro atoms. The SMILES string of the molecule is CCCOc1cccc(/C(O)=C2\C(=O)C(=O)N(CCc3c[nH]c4ccccc34)C2c2ccc(O)cc2)c1. The number of aliphatic hydroxyl groups is 1. The molecule has 3 N–H and O–H groups in total. The topological polar surface area (TPSA) is 103 Å². The number of carbonyl (C=O) groups excluding carboxylic acids is 2. The second-order valence-corrected chi connectivity index (χ2v) is 9.07. The highest BCUT2D eigenvalue weighted by Gasteiger charge is 2.45. The number of phenolic OH excluding ortho intramolecular Hbond substituents is 1. The van der Waals surface area contributed by atoms with Crippen molar-refractivity contribution in [3.8, 4) is 11.5 Å². The maximum absolute atomic E-state index is 13.3. The van der Waals surface area contributed by atoms with Gasteiger partial charge in [0.2, 0.25) is 0 Å². The molecule has 0 saturated carbocycles. The molecule has 1 atom stereocenters. The van der Waals surface area contributed by atoms with Crippen molar-refractivity contribution in [3.05, 3.63) is 101 Å².